The predicted molar refractivity (Wildman–Crippen MR) is 120 cm³/mol. The molecule has 0 aliphatic carbocycles. The molecule has 4 heteroatoms. The van der Waals surface area contributed by atoms with Gasteiger partial charge in [0, 0.05) is 50.2 Å². The summed E-state index contributed by atoms with van der Waals surface area (Å²) in [5.41, 5.74) is 4.76. The summed E-state index contributed by atoms with van der Waals surface area (Å²) in [7, 11) is 6.16. The number of benzene rings is 3. The van der Waals surface area contributed by atoms with Crippen molar-refractivity contribution in [3.8, 4) is 0 Å². The van der Waals surface area contributed by atoms with E-state index in [0.29, 0.717) is 5.56 Å². The van der Waals surface area contributed by atoms with Crippen LogP contribution in [0.3, 0.4) is 0 Å². The van der Waals surface area contributed by atoms with Gasteiger partial charge in [0.1, 0.15) is 0 Å². The van der Waals surface area contributed by atoms with Crippen LogP contribution in [0.25, 0.3) is 0 Å². The van der Waals surface area contributed by atoms with Crippen LogP contribution >= 0.6 is 0 Å². The maximum Gasteiger partial charge on any atom is 0.339 e. The summed E-state index contributed by atoms with van der Waals surface area (Å²) in [6, 6.07) is 24.7. The molecule has 5 rings (SSSR count). The zero-order chi connectivity index (χ0) is 21.1. The minimum Gasteiger partial charge on any atom is -0.445 e. The van der Waals surface area contributed by atoms with Gasteiger partial charge in [-0.25, -0.2) is 4.79 Å². The number of hydrogen-bond acceptors (Lipinski definition) is 4. The Morgan fingerprint density at radius 3 is 2.23 bits per heavy atom. The van der Waals surface area contributed by atoms with Crippen LogP contribution in [0.2, 0.25) is 0 Å². The SMILES string of the molecule is CN(C)c1ccc(C2(C3(C)CN(C)c4ccccc43)OC(=O)c3ccccc32)cc1. The Bertz CT molecular complexity index is 1140. The van der Waals surface area contributed by atoms with E-state index in [1.165, 1.54) is 11.3 Å². The first kappa shape index (κ1) is 18.7. The minimum atomic E-state index is -0.896. The van der Waals surface area contributed by atoms with Gasteiger partial charge in [-0.15, -0.1) is 0 Å². The third-order valence-electron chi connectivity index (χ3n) is 6.80. The lowest BCUT2D eigenvalue weighted by atomic mass is 9.63. The normalized spacial score (nSPS) is 24.4. The molecule has 152 valence electrons. The van der Waals surface area contributed by atoms with Gasteiger partial charge in [0.05, 0.1) is 11.0 Å². The molecule has 0 radical (unpaired) electrons. The van der Waals surface area contributed by atoms with Crippen molar-refractivity contribution in [1.29, 1.82) is 0 Å². The van der Waals surface area contributed by atoms with Gasteiger partial charge in [0.2, 0.25) is 0 Å². The predicted octanol–water partition coefficient (Wildman–Crippen LogP) is 4.57. The second-order valence-corrected chi connectivity index (χ2v) is 8.76. The summed E-state index contributed by atoms with van der Waals surface area (Å²) in [4.78, 5) is 17.4. The lowest BCUT2D eigenvalue weighted by Crippen LogP contribution is -2.50. The number of fused-ring (bicyclic) bond motifs is 2. The smallest absolute Gasteiger partial charge is 0.339 e. The van der Waals surface area contributed by atoms with Crippen molar-refractivity contribution in [2.24, 2.45) is 0 Å². The Balaban J connectivity index is 1.81. The zero-order valence-corrected chi connectivity index (χ0v) is 17.8. The monoisotopic (exact) mass is 398 g/mol. The molecule has 0 N–H and O–H groups in total. The van der Waals surface area contributed by atoms with Crippen LogP contribution in [0, 0.1) is 0 Å². The summed E-state index contributed by atoms with van der Waals surface area (Å²) >= 11 is 0. The number of nitrogens with zero attached hydrogens (tertiary/aromatic N) is 2. The van der Waals surface area contributed by atoms with Crippen molar-refractivity contribution in [2.75, 3.05) is 37.5 Å². The fourth-order valence-corrected chi connectivity index (χ4v) is 5.37. The van der Waals surface area contributed by atoms with Crippen molar-refractivity contribution in [3.05, 3.63) is 95.1 Å². The number of carbonyl (C=O) groups excluding carboxylic acids is 1. The summed E-state index contributed by atoms with van der Waals surface area (Å²) in [6.45, 7) is 2.98. The fourth-order valence-electron chi connectivity index (χ4n) is 5.37. The number of likely N-dealkylation sites (N-methyl/N-ethyl adjacent to an activating group) is 1. The molecule has 0 fully saturated rings. The average molecular weight is 399 g/mol. The number of cyclic esters (lactones) is 1. The fraction of sp³-hybridized carbons (Fsp3) is 0.269. The Labute approximate surface area is 177 Å². The number of para-hydroxylation sites is 1. The van der Waals surface area contributed by atoms with Crippen molar-refractivity contribution in [2.45, 2.75) is 17.9 Å². The molecular formula is C26H26N2O2. The number of esters is 1. The van der Waals surface area contributed by atoms with E-state index in [9.17, 15) is 4.79 Å². The van der Waals surface area contributed by atoms with E-state index in [0.717, 1.165) is 23.4 Å². The summed E-state index contributed by atoms with van der Waals surface area (Å²) < 4.78 is 6.42. The van der Waals surface area contributed by atoms with E-state index < -0.39 is 11.0 Å². The average Bonchev–Trinajstić information content (AvgIpc) is 3.22. The number of rotatable bonds is 3. The summed E-state index contributed by atoms with van der Waals surface area (Å²) in [5, 5.41) is 0. The number of ether oxygens (including phenoxy) is 1. The largest absolute Gasteiger partial charge is 0.445 e. The molecule has 30 heavy (non-hydrogen) atoms. The highest BCUT2D eigenvalue weighted by Gasteiger charge is 2.62. The molecule has 0 amide bonds. The molecule has 0 saturated heterocycles. The molecule has 0 spiro atoms. The maximum absolute atomic E-state index is 13.1. The topological polar surface area (TPSA) is 32.8 Å². The van der Waals surface area contributed by atoms with Crippen molar-refractivity contribution >= 4 is 17.3 Å². The molecule has 0 saturated carbocycles. The van der Waals surface area contributed by atoms with Crippen molar-refractivity contribution < 1.29 is 9.53 Å². The van der Waals surface area contributed by atoms with Gasteiger partial charge in [-0.2, -0.15) is 0 Å². The zero-order valence-electron chi connectivity index (χ0n) is 17.8. The molecule has 2 atom stereocenters. The van der Waals surface area contributed by atoms with Gasteiger partial charge in [0.15, 0.2) is 5.60 Å². The minimum absolute atomic E-state index is 0.254. The molecule has 2 unspecified atom stereocenters. The van der Waals surface area contributed by atoms with E-state index in [1.807, 2.05) is 38.4 Å². The molecule has 0 bridgehead atoms. The van der Waals surface area contributed by atoms with E-state index >= 15 is 0 Å². The van der Waals surface area contributed by atoms with Gasteiger partial charge in [-0.1, -0.05) is 48.5 Å². The van der Waals surface area contributed by atoms with Gasteiger partial charge in [-0.3, -0.25) is 0 Å². The quantitative estimate of drug-likeness (QED) is 0.605. The second-order valence-electron chi connectivity index (χ2n) is 8.76. The van der Waals surface area contributed by atoms with E-state index in [1.54, 1.807) is 0 Å². The Hall–Kier alpha value is -3.27. The molecule has 2 aliphatic rings. The van der Waals surface area contributed by atoms with Gasteiger partial charge < -0.3 is 14.5 Å². The van der Waals surface area contributed by atoms with Crippen LogP contribution in [-0.2, 0) is 15.8 Å². The summed E-state index contributed by atoms with van der Waals surface area (Å²) in [6.07, 6.45) is 0. The first-order valence-electron chi connectivity index (χ1n) is 10.3. The summed E-state index contributed by atoms with van der Waals surface area (Å²) in [5.74, 6) is -0.254. The third kappa shape index (κ3) is 2.30. The van der Waals surface area contributed by atoms with Crippen LogP contribution in [0.5, 0.6) is 0 Å². The lowest BCUT2D eigenvalue weighted by Gasteiger charge is -2.44. The van der Waals surface area contributed by atoms with Gasteiger partial charge >= 0.3 is 5.97 Å². The van der Waals surface area contributed by atoms with Crippen LogP contribution in [0.1, 0.15) is 34.0 Å². The van der Waals surface area contributed by atoms with E-state index in [4.69, 9.17) is 4.74 Å². The second kappa shape index (κ2) is 6.36. The molecule has 2 heterocycles. The number of hydrogen-bond donors (Lipinski definition) is 0. The molecule has 3 aromatic carbocycles. The van der Waals surface area contributed by atoms with Crippen molar-refractivity contribution in [1.82, 2.24) is 0 Å². The highest BCUT2D eigenvalue weighted by atomic mass is 16.6. The van der Waals surface area contributed by atoms with Gasteiger partial charge in [-0.05, 0) is 36.8 Å². The van der Waals surface area contributed by atoms with Crippen LogP contribution in [-0.4, -0.2) is 33.7 Å². The van der Waals surface area contributed by atoms with Crippen LogP contribution in [0.15, 0.2) is 72.8 Å². The molecule has 0 aromatic heterocycles. The molecule has 4 nitrogen and oxygen atoms in total. The van der Waals surface area contributed by atoms with E-state index in [2.05, 4.69) is 72.3 Å². The molecular weight excluding hydrogens is 372 g/mol. The van der Waals surface area contributed by atoms with Crippen LogP contribution < -0.4 is 9.80 Å². The first-order chi connectivity index (χ1) is 14.4. The Morgan fingerprint density at radius 1 is 0.900 bits per heavy atom. The standard InChI is InChI=1S/C26H26N2O2/c1-25(17-28(4)23-12-8-7-11-22(23)25)26(18-13-15-19(16-14-18)27(2)3)21-10-6-5-9-20(21)24(29)30-26/h5-16H,17H2,1-4H3. The highest BCUT2D eigenvalue weighted by Crippen LogP contribution is 2.58. The molecule has 2 aliphatic heterocycles. The number of anilines is 2. The highest BCUT2D eigenvalue weighted by molar-refractivity contribution is 5.96. The van der Waals surface area contributed by atoms with Crippen molar-refractivity contribution in [3.63, 3.8) is 0 Å². The van der Waals surface area contributed by atoms with Gasteiger partial charge in [0.25, 0.3) is 0 Å². The third-order valence-corrected chi connectivity index (χ3v) is 6.80. The van der Waals surface area contributed by atoms with E-state index in [-0.39, 0.29) is 5.97 Å². The maximum atomic E-state index is 13.1. The Morgan fingerprint density at radius 2 is 1.53 bits per heavy atom. The number of carbonyl (C=O) groups is 1. The Kier molecular flexibility index (Phi) is 3.97. The van der Waals surface area contributed by atoms with Crippen LogP contribution in [0.4, 0.5) is 11.4 Å². The lowest BCUT2D eigenvalue weighted by molar-refractivity contribution is -0.0231. The molecule has 3 aromatic rings. The first-order valence-corrected chi connectivity index (χ1v) is 10.3.